The third-order valence-corrected chi connectivity index (χ3v) is 6.68. The zero-order valence-corrected chi connectivity index (χ0v) is 17.9. The smallest absolute Gasteiger partial charge is 0.408 e. The third kappa shape index (κ3) is 3.84. The third-order valence-electron chi connectivity index (χ3n) is 5.18. The molecule has 0 spiro atoms. The van der Waals surface area contributed by atoms with Crippen LogP contribution in [0, 0.1) is 19.8 Å². The maximum absolute atomic E-state index is 13.3. The normalized spacial score (nSPS) is 12.8. The van der Waals surface area contributed by atoms with Gasteiger partial charge in [-0.1, -0.05) is 30.3 Å². The number of halogens is 1. The van der Waals surface area contributed by atoms with Crippen LogP contribution in [0.3, 0.4) is 0 Å². The molecule has 0 aliphatic rings. The van der Waals surface area contributed by atoms with Crippen LogP contribution in [0.5, 0.6) is 0 Å². The predicted octanol–water partition coefficient (Wildman–Crippen LogP) is 4.16. The first-order valence-electron chi connectivity index (χ1n) is 9.54. The van der Waals surface area contributed by atoms with Gasteiger partial charge in [0.1, 0.15) is 5.82 Å². The van der Waals surface area contributed by atoms with Gasteiger partial charge in [-0.3, -0.25) is 9.29 Å². The van der Waals surface area contributed by atoms with Crippen LogP contribution in [0.25, 0.3) is 11.1 Å². The SMILES string of the molecule is Cc1ccccc1C(C)n1c(=O)oc2cc(S(=O)(=O)Nc3cccc(F)n3)c(C)cc21. The van der Waals surface area contributed by atoms with Crippen molar-refractivity contribution in [2.75, 3.05) is 4.72 Å². The lowest BCUT2D eigenvalue weighted by atomic mass is 10.0. The molecule has 0 saturated carbocycles. The van der Waals surface area contributed by atoms with E-state index in [1.807, 2.05) is 38.1 Å². The van der Waals surface area contributed by atoms with Crippen molar-refractivity contribution in [3.05, 3.63) is 87.8 Å². The highest BCUT2D eigenvalue weighted by Gasteiger charge is 2.23. The number of hydrogen-bond donors (Lipinski definition) is 1. The average molecular weight is 441 g/mol. The number of aromatic nitrogens is 2. The Kier molecular flexibility index (Phi) is 5.14. The monoisotopic (exact) mass is 441 g/mol. The first-order chi connectivity index (χ1) is 14.7. The highest BCUT2D eigenvalue weighted by atomic mass is 32.2. The van der Waals surface area contributed by atoms with Crippen LogP contribution in [0.4, 0.5) is 10.2 Å². The number of rotatable bonds is 5. The molecule has 0 amide bonds. The number of pyridine rings is 1. The summed E-state index contributed by atoms with van der Waals surface area (Å²) in [4.78, 5) is 16.1. The lowest BCUT2D eigenvalue weighted by Crippen LogP contribution is -2.20. The zero-order chi connectivity index (χ0) is 22.3. The fraction of sp³-hybridized carbons (Fsp3) is 0.182. The fourth-order valence-corrected chi connectivity index (χ4v) is 4.92. The van der Waals surface area contributed by atoms with Crippen molar-refractivity contribution in [1.29, 1.82) is 0 Å². The minimum absolute atomic E-state index is 0.0875. The molecule has 160 valence electrons. The first-order valence-corrected chi connectivity index (χ1v) is 11.0. The number of sulfonamides is 1. The number of nitrogens with one attached hydrogen (secondary N) is 1. The molecule has 0 aliphatic heterocycles. The quantitative estimate of drug-likeness (QED) is 0.470. The van der Waals surface area contributed by atoms with Crippen molar-refractivity contribution in [1.82, 2.24) is 9.55 Å². The van der Waals surface area contributed by atoms with E-state index in [0.29, 0.717) is 11.1 Å². The topological polar surface area (TPSA) is 94.2 Å². The molecule has 4 aromatic rings. The Morgan fingerprint density at radius 2 is 1.81 bits per heavy atom. The molecule has 0 saturated heterocycles. The van der Waals surface area contributed by atoms with Gasteiger partial charge < -0.3 is 4.42 Å². The Hall–Kier alpha value is -3.46. The molecule has 31 heavy (non-hydrogen) atoms. The summed E-state index contributed by atoms with van der Waals surface area (Å²) in [5, 5.41) is 0. The summed E-state index contributed by atoms with van der Waals surface area (Å²) < 4.78 is 48.2. The van der Waals surface area contributed by atoms with Gasteiger partial charge in [-0.2, -0.15) is 4.39 Å². The number of oxazole rings is 1. The number of fused-ring (bicyclic) bond motifs is 1. The number of hydrogen-bond acceptors (Lipinski definition) is 5. The summed E-state index contributed by atoms with van der Waals surface area (Å²) in [6.45, 7) is 5.46. The van der Waals surface area contributed by atoms with Crippen LogP contribution in [0.2, 0.25) is 0 Å². The number of benzene rings is 2. The number of anilines is 1. The Labute approximate surface area is 178 Å². The summed E-state index contributed by atoms with van der Waals surface area (Å²) in [7, 11) is -4.09. The molecule has 0 radical (unpaired) electrons. The van der Waals surface area contributed by atoms with Gasteiger partial charge in [-0.15, -0.1) is 0 Å². The molecule has 0 fully saturated rings. The molecule has 1 unspecified atom stereocenters. The van der Waals surface area contributed by atoms with Crippen LogP contribution in [0.15, 0.2) is 68.7 Å². The van der Waals surface area contributed by atoms with Crippen molar-refractivity contribution >= 4 is 26.9 Å². The van der Waals surface area contributed by atoms with Crippen molar-refractivity contribution in [3.8, 4) is 0 Å². The molecule has 7 nitrogen and oxygen atoms in total. The van der Waals surface area contributed by atoms with Crippen molar-refractivity contribution in [2.45, 2.75) is 31.7 Å². The van der Waals surface area contributed by atoms with Gasteiger partial charge >= 0.3 is 5.76 Å². The van der Waals surface area contributed by atoms with Crippen molar-refractivity contribution in [2.24, 2.45) is 0 Å². The van der Waals surface area contributed by atoms with Gasteiger partial charge in [0.15, 0.2) is 5.58 Å². The second-order valence-electron chi connectivity index (χ2n) is 7.31. The minimum atomic E-state index is -4.09. The van der Waals surface area contributed by atoms with E-state index in [1.165, 1.54) is 22.8 Å². The summed E-state index contributed by atoms with van der Waals surface area (Å²) in [5.41, 5.74) is 3.02. The Morgan fingerprint density at radius 1 is 1.06 bits per heavy atom. The maximum Gasteiger partial charge on any atom is 0.420 e. The second kappa shape index (κ2) is 7.66. The van der Waals surface area contributed by atoms with Crippen LogP contribution in [0.1, 0.15) is 29.7 Å². The number of nitrogens with zero attached hydrogens (tertiary/aromatic N) is 2. The average Bonchev–Trinajstić information content (AvgIpc) is 3.01. The molecule has 2 heterocycles. The molecule has 1 N–H and O–H groups in total. The van der Waals surface area contributed by atoms with Gasteiger partial charge in [0.2, 0.25) is 5.95 Å². The molecule has 2 aromatic heterocycles. The van der Waals surface area contributed by atoms with Crippen LogP contribution >= 0.6 is 0 Å². The first kappa shape index (κ1) is 20.8. The Bertz CT molecular complexity index is 1460. The highest BCUT2D eigenvalue weighted by molar-refractivity contribution is 7.92. The highest BCUT2D eigenvalue weighted by Crippen LogP contribution is 2.28. The van der Waals surface area contributed by atoms with Crippen molar-refractivity contribution in [3.63, 3.8) is 0 Å². The predicted molar refractivity (Wildman–Crippen MR) is 115 cm³/mol. The standard InChI is InChI=1S/C22H20FN3O4S/c1-13-7-4-5-8-16(13)15(3)26-17-11-14(2)19(12-18(17)30-22(26)27)31(28,29)25-21-10-6-9-20(23)24-21/h4-12,15H,1-3H3,(H,24,25). The Morgan fingerprint density at radius 3 is 2.52 bits per heavy atom. The van der Waals surface area contributed by atoms with E-state index in [2.05, 4.69) is 9.71 Å². The summed E-state index contributed by atoms with van der Waals surface area (Å²) >= 11 is 0. The van der Waals surface area contributed by atoms with E-state index >= 15 is 0 Å². The van der Waals surface area contributed by atoms with E-state index in [-0.39, 0.29) is 22.3 Å². The molecule has 2 aromatic carbocycles. The van der Waals surface area contributed by atoms with Gasteiger partial charge in [-0.25, -0.2) is 18.2 Å². The molecule has 1 atom stereocenters. The molecule has 0 bridgehead atoms. The number of aryl methyl sites for hydroxylation is 2. The largest absolute Gasteiger partial charge is 0.420 e. The maximum atomic E-state index is 13.3. The Balaban J connectivity index is 1.80. The van der Waals surface area contributed by atoms with E-state index in [0.717, 1.165) is 17.2 Å². The van der Waals surface area contributed by atoms with E-state index in [1.54, 1.807) is 13.0 Å². The van der Waals surface area contributed by atoms with Crippen LogP contribution in [-0.4, -0.2) is 18.0 Å². The lowest BCUT2D eigenvalue weighted by Gasteiger charge is -2.16. The molecular formula is C22H20FN3O4S. The summed E-state index contributed by atoms with van der Waals surface area (Å²) in [5.74, 6) is -1.54. The molecule has 9 heteroatoms. The van der Waals surface area contributed by atoms with E-state index in [9.17, 15) is 17.6 Å². The zero-order valence-electron chi connectivity index (χ0n) is 17.1. The molecular weight excluding hydrogens is 421 g/mol. The summed E-state index contributed by atoms with van der Waals surface area (Å²) in [6.07, 6.45) is 0. The minimum Gasteiger partial charge on any atom is -0.408 e. The molecule has 0 aliphatic carbocycles. The van der Waals surface area contributed by atoms with Gasteiger partial charge in [0.05, 0.1) is 16.5 Å². The van der Waals surface area contributed by atoms with E-state index in [4.69, 9.17) is 4.42 Å². The second-order valence-corrected chi connectivity index (χ2v) is 8.96. The molecule has 4 rings (SSSR count). The van der Waals surface area contributed by atoms with Gasteiger partial charge in [0, 0.05) is 6.07 Å². The van der Waals surface area contributed by atoms with Crippen LogP contribution < -0.4 is 10.5 Å². The van der Waals surface area contributed by atoms with Gasteiger partial charge in [0.25, 0.3) is 10.0 Å². The van der Waals surface area contributed by atoms with Crippen molar-refractivity contribution < 1.29 is 17.2 Å². The fourth-order valence-electron chi connectivity index (χ4n) is 3.67. The summed E-state index contributed by atoms with van der Waals surface area (Å²) in [6, 6.07) is 14.1. The van der Waals surface area contributed by atoms with Crippen LogP contribution in [-0.2, 0) is 10.0 Å². The lowest BCUT2D eigenvalue weighted by molar-refractivity contribution is 0.489. The van der Waals surface area contributed by atoms with E-state index < -0.39 is 21.7 Å². The van der Waals surface area contributed by atoms with Gasteiger partial charge in [-0.05, 0) is 55.7 Å².